The predicted molar refractivity (Wildman–Crippen MR) is 95.7 cm³/mol. The summed E-state index contributed by atoms with van der Waals surface area (Å²) in [6.07, 6.45) is -0.657. The monoisotopic (exact) mass is 351 g/mol. The predicted octanol–water partition coefficient (Wildman–Crippen LogP) is 5.52. The van der Waals surface area contributed by atoms with Gasteiger partial charge in [0.1, 0.15) is 5.75 Å². The molecule has 2 rings (SSSR count). The van der Waals surface area contributed by atoms with Crippen LogP contribution >= 0.6 is 23.2 Å². The van der Waals surface area contributed by atoms with E-state index in [9.17, 15) is 4.79 Å². The molecular weight excluding hydrogens is 333 g/mol. The molecule has 3 nitrogen and oxygen atoms in total. The van der Waals surface area contributed by atoms with Gasteiger partial charge in [0.25, 0.3) is 5.91 Å². The minimum atomic E-state index is -0.657. The molecule has 0 saturated heterocycles. The second-order valence-corrected chi connectivity index (χ2v) is 6.36. The molecule has 0 bridgehead atoms. The molecule has 0 aromatic heterocycles. The maximum atomic E-state index is 12.2. The zero-order valence-electron chi connectivity index (χ0n) is 13.3. The Morgan fingerprint density at radius 3 is 2.30 bits per heavy atom. The second-order valence-electron chi connectivity index (χ2n) is 5.57. The van der Waals surface area contributed by atoms with Gasteiger partial charge in [-0.25, -0.2) is 0 Å². The van der Waals surface area contributed by atoms with Crippen LogP contribution in [0.3, 0.4) is 0 Å². The van der Waals surface area contributed by atoms with Gasteiger partial charge in [-0.3, -0.25) is 4.79 Å². The first-order chi connectivity index (χ1) is 10.9. The number of rotatable bonds is 5. The third-order valence-electron chi connectivity index (χ3n) is 3.44. The average Bonchev–Trinajstić information content (AvgIpc) is 2.52. The van der Waals surface area contributed by atoms with E-state index < -0.39 is 6.10 Å². The number of benzene rings is 2. The number of carbonyl (C=O) groups excluding carboxylic acids is 1. The smallest absolute Gasteiger partial charge is 0.265 e. The number of halogens is 2. The van der Waals surface area contributed by atoms with Gasteiger partial charge in [0, 0.05) is 0 Å². The molecule has 1 amide bonds. The lowest BCUT2D eigenvalue weighted by molar-refractivity contribution is -0.122. The van der Waals surface area contributed by atoms with Gasteiger partial charge in [-0.2, -0.15) is 0 Å². The van der Waals surface area contributed by atoms with Crippen LogP contribution in [0.4, 0.5) is 5.69 Å². The lowest BCUT2D eigenvalue weighted by atomic mass is 10.0. The highest BCUT2D eigenvalue weighted by atomic mass is 35.5. The molecule has 0 spiro atoms. The Hall–Kier alpha value is -1.71. The fourth-order valence-corrected chi connectivity index (χ4v) is 2.37. The van der Waals surface area contributed by atoms with E-state index in [1.54, 1.807) is 25.1 Å². The number of ether oxygens (including phenoxy) is 1. The molecule has 2 aromatic rings. The van der Waals surface area contributed by atoms with Crippen molar-refractivity contribution in [2.24, 2.45) is 0 Å². The average molecular weight is 352 g/mol. The van der Waals surface area contributed by atoms with Crippen molar-refractivity contribution in [3.05, 3.63) is 58.1 Å². The van der Waals surface area contributed by atoms with E-state index in [0.717, 1.165) is 0 Å². The van der Waals surface area contributed by atoms with Gasteiger partial charge in [0.15, 0.2) is 6.10 Å². The normalized spacial score (nSPS) is 12.1. The topological polar surface area (TPSA) is 38.3 Å². The molecule has 0 saturated carbocycles. The summed E-state index contributed by atoms with van der Waals surface area (Å²) < 4.78 is 5.67. The highest BCUT2D eigenvalue weighted by Crippen LogP contribution is 2.29. The van der Waals surface area contributed by atoms with Gasteiger partial charge in [-0.1, -0.05) is 55.2 Å². The van der Waals surface area contributed by atoms with Crippen molar-refractivity contribution < 1.29 is 9.53 Å². The minimum absolute atomic E-state index is 0.290. The summed E-state index contributed by atoms with van der Waals surface area (Å²) in [7, 11) is 0. The zero-order chi connectivity index (χ0) is 17.0. The van der Waals surface area contributed by atoms with Crippen LogP contribution < -0.4 is 10.1 Å². The fraction of sp³-hybridized carbons (Fsp3) is 0.278. The Labute approximate surface area is 146 Å². The molecule has 0 fully saturated rings. The summed E-state index contributed by atoms with van der Waals surface area (Å²) in [5.41, 5.74) is 1.69. The summed E-state index contributed by atoms with van der Waals surface area (Å²) >= 11 is 12.0. The van der Waals surface area contributed by atoms with Crippen molar-refractivity contribution in [3.63, 3.8) is 0 Å². The summed E-state index contributed by atoms with van der Waals surface area (Å²) in [4.78, 5) is 12.2. The molecule has 0 radical (unpaired) electrons. The number of hydrogen-bond donors (Lipinski definition) is 1. The van der Waals surface area contributed by atoms with Crippen LogP contribution in [0.1, 0.15) is 32.3 Å². The molecule has 122 valence electrons. The number of hydrogen-bond acceptors (Lipinski definition) is 2. The van der Waals surface area contributed by atoms with Crippen LogP contribution in [-0.2, 0) is 4.79 Å². The van der Waals surface area contributed by atoms with Crippen LogP contribution in [0.5, 0.6) is 5.75 Å². The zero-order valence-corrected chi connectivity index (χ0v) is 14.8. The molecule has 0 aliphatic rings. The fourth-order valence-electron chi connectivity index (χ4n) is 2.02. The first-order valence-electron chi connectivity index (χ1n) is 7.40. The minimum Gasteiger partial charge on any atom is -0.481 e. The third-order valence-corrected chi connectivity index (χ3v) is 4.26. The van der Waals surface area contributed by atoms with E-state index in [-0.39, 0.29) is 5.91 Å². The van der Waals surface area contributed by atoms with E-state index in [4.69, 9.17) is 27.9 Å². The largest absolute Gasteiger partial charge is 0.481 e. The van der Waals surface area contributed by atoms with Gasteiger partial charge in [0.05, 0.1) is 15.7 Å². The van der Waals surface area contributed by atoms with Crippen molar-refractivity contribution in [2.75, 3.05) is 5.32 Å². The molecule has 0 aliphatic carbocycles. The number of anilines is 1. The van der Waals surface area contributed by atoms with Crippen LogP contribution in [0, 0.1) is 0 Å². The van der Waals surface area contributed by atoms with Crippen molar-refractivity contribution in [1.29, 1.82) is 0 Å². The first kappa shape index (κ1) is 17.6. The Balaban J connectivity index is 2.01. The van der Waals surface area contributed by atoms with Gasteiger partial charge in [0.2, 0.25) is 0 Å². The Kier molecular flexibility index (Phi) is 5.91. The van der Waals surface area contributed by atoms with Crippen LogP contribution in [0.25, 0.3) is 0 Å². The van der Waals surface area contributed by atoms with Crippen molar-refractivity contribution in [2.45, 2.75) is 32.8 Å². The number of amides is 1. The summed E-state index contributed by atoms with van der Waals surface area (Å²) in [5, 5.41) is 3.43. The van der Waals surface area contributed by atoms with Gasteiger partial charge < -0.3 is 10.1 Å². The number of nitrogens with one attached hydrogen (secondary N) is 1. The van der Waals surface area contributed by atoms with Crippen molar-refractivity contribution >= 4 is 34.8 Å². The highest BCUT2D eigenvalue weighted by molar-refractivity contribution is 6.44. The quantitative estimate of drug-likeness (QED) is 0.769. The van der Waals surface area contributed by atoms with E-state index in [0.29, 0.717) is 27.4 Å². The van der Waals surface area contributed by atoms with Gasteiger partial charge in [-0.05, 0) is 42.7 Å². The Morgan fingerprint density at radius 2 is 1.70 bits per heavy atom. The SMILES string of the molecule is CC(C)c1ccc(O[C@@H](C)C(=O)Nc2cccc(Cl)c2Cl)cc1. The van der Waals surface area contributed by atoms with Crippen LogP contribution in [-0.4, -0.2) is 12.0 Å². The molecule has 1 atom stereocenters. The molecular formula is C18H19Cl2NO2. The molecule has 1 N–H and O–H groups in total. The summed E-state index contributed by atoms with van der Waals surface area (Å²) in [5.74, 6) is 0.811. The first-order valence-corrected chi connectivity index (χ1v) is 8.15. The van der Waals surface area contributed by atoms with E-state index >= 15 is 0 Å². The van der Waals surface area contributed by atoms with E-state index in [2.05, 4.69) is 19.2 Å². The Bertz CT molecular complexity index is 684. The third kappa shape index (κ3) is 4.63. The standard InChI is InChI=1S/C18H19Cl2NO2/c1-11(2)13-7-9-14(10-8-13)23-12(3)18(22)21-16-6-4-5-15(19)17(16)20/h4-12H,1-3H3,(H,21,22)/t12-/m0/s1. The molecule has 0 unspecified atom stereocenters. The second kappa shape index (κ2) is 7.71. The summed E-state index contributed by atoms with van der Waals surface area (Å²) in [6.45, 7) is 5.94. The van der Waals surface area contributed by atoms with E-state index in [1.165, 1.54) is 5.56 Å². The lowest BCUT2D eigenvalue weighted by Gasteiger charge is -2.16. The van der Waals surface area contributed by atoms with Gasteiger partial charge >= 0.3 is 0 Å². The summed E-state index contributed by atoms with van der Waals surface area (Å²) in [6, 6.07) is 12.8. The van der Waals surface area contributed by atoms with Gasteiger partial charge in [-0.15, -0.1) is 0 Å². The van der Waals surface area contributed by atoms with E-state index in [1.807, 2.05) is 24.3 Å². The maximum absolute atomic E-state index is 12.2. The van der Waals surface area contributed by atoms with Crippen LogP contribution in [0.2, 0.25) is 10.0 Å². The molecule has 23 heavy (non-hydrogen) atoms. The molecule has 5 heteroatoms. The molecule has 0 aliphatic heterocycles. The molecule has 2 aromatic carbocycles. The van der Waals surface area contributed by atoms with Crippen LogP contribution in [0.15, 0.2) is 42.5 Å². The number of carbonyl (C=O) groups is 1. The maximum Gasteiger partial charge on any atom is 0.265 e. The van der Waals surface area contributed by atoms with Crippen molar-refractivity contribution in [1.82, 2.24) is 0 Å². The molecule has 0 heterocycles. The van der Waals surface area contributed by atoms with Crippen molar-refractivity contribution in [3.8, 4) is 5.75 Å². The Morgan fingerprint density at radius 1 is 1.04 bits per heavy atom. The highest BCUT2D eigenvalue weighted by Gasteiger charge is 2.17. The lowest BCUT2D eigenvalue weighted by Crippen LogP contribution is -2.30.